The Morgan fingerprint density at radius 2 is 2.24 bits per heavy atom. The molecule has 1 aromatic carbocycles. The van der Waals surface area contributed by atoms with Crippen LogP contribution in [-0.2, 0) is 4.79 Å². The van der Waals surface area contributed by atoms with Crippen LogP contribution in [0.5, 0.6) is 0 Å². The molecule has 6 nitrogen and oxygen atoms in total. The molecule has 1 N–H and O–H groups in total. The number of carbonyl (C=O) groups is 1. The highest BCUT2D eigenvalue weighted by atomic mass is 16.6. The summed E-state index contributed by atoms with van der Waals surface area (Å²) >= 11 is 0. The van der Waals surface area contributed by atoms with Crippen molar-refractivity contribution in [2.75, 3.05) is 11.4 Å². The number of non-ortho nitro benzene ring substituents is 1. The zero-order valence-electron chi connectivity index (χ0n) is 11.4. The average Bonchev–Trinajstić information content (AvgIpc) is 3.26. The summed E-state index contributed by atoms with van der Waals surface area (Å²) in [5, 5.41) is 19.6. The number of nitro benzene ring substituents is 1. The van der Waals surface area contributed by atoms with Crippen molar-refractivity contribution in [1.82, 2.24) is 0 Å². The van der Waals surface area contributed by atoms with Crippen LogP contribution in [0.25, 0.3) is 6.08 Å². The Balaban J connectivity index is 2.44. The number of hydrogen-bond acceptors (Lipinski definition) is 4. The summed E-state index contributed by atoms with van der Waals surface area (Å²) < 4.78 is 0. The van der Waals surface area contributed by atoms with Crippen LogP contribution < -0.4 is 4.90 Å². The quantitative estimate of drug-likeness (QED) is 0.361. The van der Waals surface area contributed by atoms with E-state index in [1.165, 1.54) is 18.2 Å². The summed E-state index contributed by atoms with van der Waals surface area (Å²) in [5.41, 5.74) is 1.26. The smallest absolute Gasteiger partial charge is 0.328 e. The second kappa shape index (κ2) is 6.21. The van der Waals surface area contributed by atoms with Crippen molar-refractivity contribution in [3.8, 4) is 0 Å². The van der Waals surface area contributed by atoms with Gasteiger partial charge in [-0.15, -0.1) is 6.58 Å². The standard InChI is InChI=1S/C15H16N2O4/c1-2-9-16(12-4-5-12)14-7-6-13(17(20)21)10-11(14)3-8-15(18)19/h2-3,6-8,10,12H,1,4-5,9H2,(H,18,19)/b8-3+. The molecule has 1 saturated carbocycles. The molecule has 0 radical (unpaired) electrons. The predicted octanol–water partition coefficient (Wildman–Crippen LogP) is 2.85. The Labute approximate surface area is 122 Å². The molecule has 0 atom stereocenters. The van der Waals surface area contributed by atoms with Crippen LogP contribution in [0.2, 0.25) is 0 Å². The lowest BCUT2D eigenvalue weighted by molar-refractivity contribution is -0.384. The van der Waals surface area contributed by atoms with Crippen LogP contribution >= 0.6 is 0 Å². The molecule has 21 heavy (non-hydrogen) atoms. The molecule has 0 bridgehead atoms. The summed E-state index contributed by atoms with van der Waals surface area (Å²) in [7, 11) is 0. The number of rotatable bonds is 7. The minimum absolute atomic E-state index is 0.0573. The molecular formula is C15H16N2O4. The molecule has 1 aromatic rings. The Bertz CT molecular complexity index is 606. The highest BCUT2D eigenvalue weighted by molar-refractivity contribution is 5.87. The number of hydrogen-bond donors (Lipinski definition) is 1. The van der Waals surface area contributed by atoms with Gasteiger partial charge >= 0.3 is 5.97 Å². The third-order valence-electron chi connectivity index (χ3n) is 3.25. The van der Waals surface area contributed by atoms with Gasteiger partial charge in [0.15, 0.2) is 0 Å². The van der Waals surface area contributed by atoms with Crippen LogP contribution in [0.4, 0.5) is 11.4 Å². The Hall–Kier alpha value is -2.63. The SMILES string of the molecule is C=CCN(c1ccc([N+](=O)[O-])cc1/C=C/C(=O)O)C1CC1. The van der Waals surface area contributed by atoms with E-state index in [4.69, 9.17) is 5.11 Å². The molecule has 0 spiro atoms. The van der Waals surface area contributed by atoms with Gasteiger partial charge in [0, 0.05) is 42.0 Å². The van der Waals surface area contributed by atoms with E-state index in [-0.39, 0.29) is 5.69 Å². The van der Waals surface area contributed by atoms with Crippen LogP contribution in [0.3, 0.4) is 0 Å². The molecule has 1 aliphatic carbocycles. The second-order valence-electron chi connectivity index (χ2n) is 4.84. The predicted molar refractivity (Wildman–Crippen MR) is 80.3 cm³/mol. The van der Waals surface area contributed by atoms with Gasteiger partial charge in [-0.1, -0.05) is 6.08 Å². The van der Waals surface area contributed by atoms with E-state index in [2.05, 4.69) is 11.5 Å². The summed E-state index contributed by atoms with van der Waals surface area (Å²) in [6.07, 6.45) is 6.27. The van der Waals surface area contributed by atoms with Gasteiger partial charge in [0.1, 0.15) is 0 Å². The molecular weight excluding hydrogens is 272 g/mol. The van der Waals surface area contributed by atoms with Crippen LogP contribution in [0.1, 0.15) is 18.4 Å². The highest BCUT2D eigenvalue weighted by Crippen LogP contribution is 2.35. The molecule has 0 amide bonds. The molecule has 0 heterocycles. The van der Waals surface area contributed by atoms with Gasteiger partial charge in [0.05, 0.1) is 4.92 Å². The maximum atomic E-state index is 10.9. The van der Waals surface area contributed by atoms with Gasteiger partial charge in [-0.05, 0) is 25.0 Å². The first-order chi connectivity index (χ1) is 10.0. The minimum Gasteiger partial charge on any atom is -0.478 e. The topological polar surface area (TPSA) is 83.7 Å². The Kier molecular flexibility index (Phi) is 4.37. The second-order valence-corrected chi connectivity index (χ2v) is 4.84. The number of anilines is 1. The third kappa shape index (κ3) is 3.68. The van der Waals surface area contributed by atoms with Gasteiger partial charge in [0.2, 0.25) is 0 Å². The summed E-state index contributed by atoms with van der Waals surface area (Å²) in [6, 6.07) is 4.89. The van der Waals surface area contributed by atoms with E-state index in [9.17, 15) is 14.9 Å². The fourth-order valence-electron chi connectivity index (χ4n) is 2.18. The Morgan fingerprint density at radius 1 is 1.52 bits per heavy atom. The molecule has 2 rings (SSSR count). The van der Waals surface area contributed by atoms with Gasteiger partial charge in [-0.2, -0.15) is 0 Å². The average molecular weight is 288 g/mol. The normalized spacial score (nSPS) is 14.1. The molecule has 1 aliphatic rings. The fourth-order valence-corrected chi connectivity index (χ4v) is 2.18. The molecule has 0 unspecified atom stereocenters. The number of carboxylic acid groups (broad SMARTS) is 1. The van der Waals surface area contributed by atoms with E-state index in [0.29, 0.717) is 18.2 Å². The third-order valence-corrected chi connectivity index (χ3v) is 3.25. The van der Waals surface area contributed by atoms with Gasteiger partial charge < -0.3 is 10.0 Å². The van der Waals surface area contributed by atoms with Gasteiger partial charge in [-0.25, -0.2) is 4.79 Å². The van der Waals surface area contributed by atoms with E-state index in [1.807, 2.05) is 0 Å². The van der Waals surface area contributed by atoms with Crippen molar-refractivity contribution in [2.45, 2.75) is 18.9 Å². The van der Waals surface area contributed by atoms with Gasteiger partial charge in [-0.3, -0.25) is 10.1 Å². The van der Waals surface area contributed by atoms with Crippen LogP contribution in [0.15, 0.2) is 36.9 Å². The monoisotopic (exact) mass is 288 g/mol. The number of aliphatic carboxylic acids is 1. The summed E-state index contributed by atoms with van der Waals surface area (Å²) in [6.45, 7) is 4.35. The van der Waals surface area contributed by atoms with E-state index < -0.39 is 10.9 Å². The summed E-state index contributed by atoms with van der Waals surface area (Å²) in [4.78, 5) is 23.2. The number of nitrogens with zero attached hydrogens (tertiary/aromatic N) is 2. The molecule has 0 aliphatic heterocycles. The van der Waals surface area contributed by atoms with E-state index >= 15 is 0 Å². The van der Waals surface area contributed by atoms with Crippen molar-refractivity contribution in [3.63, 3.8) is 0 Å². The van der Waals surface area contributed by atoms with Crippen molar-refractivity contribution in [1.29, 1.82) is 0 Å². The first-order valence-corrected chi connectivity index (χ1v) is 6.60. The maximum Gasteiger partial charge on any atom is 0.328 e. The lowest BCUT2D eigenvalue weighted by atomic mass is 10.1. The molecule has 0 saturated heterocycles. The largest absolute Gasteiger partial charge is 0.478 e. The van der Waals surface area contributed by atoms with Gasteiger partial charge in [0.25, 0.3) is 5.69 Å². The van der Waals surface area contributed by atoms with Crippen molar-refractivity contribution in [3.05, 3.63) is 52.6 Å². The Morgan fingerprint density at radius 3 is 2.76 bits per heavy atom. The number of benzene rings is 1. The number of nitro groups is 1. The first-order valence-electron chi connectivity index (χ1n) is 6.60. The first kappa shape index (κ1) is 14.8. The molecule has 6 heteroatoms. The lowest BCUT2D eigenvalue weighted by Gasteiger charge is -2.24. The van der Waals surface area contributed by atoms with E-state index in [0.717, 1.165) is 24.6 Å². The van der Waals surface area contributed by atoms with Crippen LogP contribution in [-0.4, -0.2) is 28.6 Å². The van der Waals surface area contributed by atoms with Crippen molar-refractivity contribution in [2.24, 2.45) is 0 Å². The number of carboxylic acids is 1. The van der Waals surface area contributed by atoms with E-state index in [1.54, 1.807) is 12.1 Å². The highest BCUT2D eigenvalue weighted by Gasteiger charge is 2.29. The maximum absolute atomic E-state index is 10.9. The zero-order valence-corrected chi connectivity index (χ0v) is 11.4. The molecule has 110 valence electrons. The zero-order chi connectivity index (χ0) is 15.4. The minimum atomic E-state index is -1.09. The molecule has 1 fully saturated rings. The summed E-state index contributed by atoms with van der Waals surface area (Å²) in [5.74, 6) is -1.09. The lowest BCUT2D eigenvalue weighted by Crippen LogP contribution is -2.26. The fraction of sp³-hybridized carbons (Fsp3) is 0.267. The van der Waals surface area contributed by atoms with Crippen LogP contribution in [0, 0.1) is 10.1 Å². The molecule has 0 aromatic heterocycles. The van der Waals surface area contributed by atoms with Crippen molar-refractivity contribution < 1.29 is 14.8 Å². The van der Waals surface area contributed by atoms with Crippen molar-refractivity contribution >= 4 is 23.4 Å².